The molecule has 1 aliphatic rings. The van der Waals surface area contributed by atoms with Gasteiger partial charge in [-0.05, 0) is 43.0 Å². The van der Waals surface area contributed by atoms with Gasteiger partial charge in [-0.25, -0.2) is 0 Å². The van der Waals surface area contributed by atoms with Gasteiger partial charge in [0.1, 0.15) is 0 Å². The van der Waals surface area contributed by atoms with Crippen LogP contribution in [0.5, 0.6) is 0 Å². The van der Waals surface area contributed by atoms with E-state index in [0.29, 0.717) is 6.54 Å². The molecule has 3 heteroatoms. The van der Waals surface area contributed by atoms with Crippen LogP contribution in [-0.2, 0) is 0 Å². The molecule has 1 aromatic rings. The second-order valence-electron chi connectivity index (χ2n) is 5.23. The summed E-state index contributed by atoms with van der Waals surface area (Å²) in [6.07, 6.45) is 3.47. The van der Waals surface area contributed by atoms with Crippen molar-refractivity contribution in [3.63, 3.8) is 0 Å². The highest BCUT2D eigenvalue weighted by molar-refractivity contribution is 5.94. The summed E-state index contributed by atoms with van der Waals surface area (Å²) in [5, 5.41) is 0. The first-order valence-electron chi connectivity index (χ1n) is 7.33. The number of hydrogen-bond acceptors (Lipinski definition) is 2. The van der Waals surface area contributed by atoms with Crippen LogP contribution < -0.4 is 5.73 Å². The highest BCUT2D eigenvalue weighted by Gasteiger charge is 2.22. The second kappa shape index (κ2) is 7.12. The Morgan fingerprint density at radius 2 is 1.95 bits per heavy atom. The van der Waals surface area contributed by atoms with Crippen LogP contribution in [0.25, 0.3) is 0 Å². The Bertz CT molecular complexity index is 502. The molecule has 1 fully saturated rings. The Kier molecular flexibility index (Phi) is 5.20. The summed E-state index contributed by atoms with van der Waals surface area (Å²) in [5.41, 5.74) is 6.99. The molecule has 1 amide bonds. The van der Waals surface area contributed by atoms with E-state index in [4.69, 9.17) is 5.73 Å². The number of rotatable bonds is 2. The van der Waals surface area contributed by atoms with Gasteiger partial charge in [-0.1, -0.05) is 25.2 Å². The predicted octanol–water partition coefficient (Wildman–Crippen LogP) is 2.26. The molecule has 1 saturated heterocycles. The first-order chi connectivity index (χ1) is 9.74. The molecule has 0 unspecified atom stereocenters. The third-order valence-electron chi connectivity index (χ3n) is 3.95. The van der Waals surface area contributed by atoms with Crippen LogP contribution in [-0.4, -0.2) is 30.4 Å². The Hall–Kier alpha value is -1.79. The van der Waals surface area contributed by atoms with E-state index >= 15 is 0 Å². The van der Waals surface area contributed by atoms with Crippen molar-refractivity contribution in [1.82, 2.24) is 4.90 Å². The number of nitrogens with zero attached hydrogens (tertiary/aromatic N) is 1. The van der Waals surface area contributed by atoms with Gasteiger partial charge in [-0.2, -0.15) is 0 Å². The number of amides is 1. The van der Waals surface area contributed by atoms with Crippen LogP contribution in [0.3, 0.4) is 0 Å². The highest BCUT2D eigenvalue weighted by atomic mass is 16.2. The summed E-state index contributed by atoms with van der Waals surface area (Å²) >= 11 is 0. The monoisotopic (exact) mass is 270 g/mol. The minimum atomic E-state index is 0.137. The lowest BCUT2D eigenvalue weighted by Crippen LogP contribution is -2.38. The molecular weight excluding hydrogens is 248 g/mol. The second-order valence-corrected chi connectivity index (χ2v) is 5.23. The van der Waals surface area contributed by atoms with Crippen molar-refractivity contribution in [2.75, 3.05) is 19.6 Å². The maximum absolute atomic E-state index is 12.4. The number of carbonyl (C=O) groups excluding carboxylic acids is 1. The quantitative estimate of drug-likeness (QED) is 0.838. The molecule has 0 atom stereocenters. The number of piperidine rings is 1. The fourth-order valence-corrected chi connectivity index (χ4v) is 2.58. The fourth-order valence-electron chi connectivity index (χ4n) is 2.58. The molecule has 0 aliphatic carbocycles. The van der Waals surface area contributed by atoms with Crippen molar-refractivity contribution in [1.29, 1.82) is 0 Å². The lowest BCUT2D eigenvalue weighted by molar-refractivity contribution is 0.0689. The number of likely N-dealkylation sites (tertiary alicyclic amines) is 1. The van der Waals surface area contributed by atoms with Crippen LogP contribution in [0, 0.1) is 17.8 Å². The zero-order valence-corrected chi connectivity index (χ0v) is 12.1. The van der Waals surface area contributed by atoms with Crippen LogP contribution in [0.15, 0.2) is 24.3 Å². The molecule has 3 nitrogen and oxygen atoms in total. The van der Waals surface area contributed by atoms with Gasteiger partial charge in [-0.15, -0.1) is 0 Å². The Morgan fingerprint density at radius 1 is 1.30 bits per heavy atom. The first kappa shape index (κ1) is 14.6. The third-order valence-corrected chi connectivity index (χ3v) is 3.95. The van der Waals surface area contributed by atoms with Crippen LogP contribution in [0.1, 0.15) is 42.1 Å². The summed E-state index contributed by atoms with van der Waals surface area (Å²) in [6.45, 7) is 4.34. The lowest BCUT2D eigenvalue weighted by Gasteiger charge is -2.31. The van der Waals surface area contributed by atoms with E-state index in [2.05, 4.69) is 18.8 Å². The van der Waals surface area contributed by atoms with Crippen LogP contribution in [0.2, 0.25) is 0 Å². The summed E-state index contributed by atoms with van der Waals surface area (Å²) in [5.74, 6) is 6.70. The molecule has 2 rings (SSSR count). The molecule has 0 aromatic heterocycles. The minimum absolute atomic E-state index is 0.137. The third kappa shape index (κ3) is 3.61. The molecule has 2 N–H and O–H groups in total. The van der Waals surface area contributed by atoms with E-state index in [1.165, 1.54) is 6.42 Å². The van der Waals surface area contributed by atoms with Crippen LogP contribution >= 0.6 is 0 Å². The van der Waals surface area contributed by atoms with Crippen molar-refractivity contribution in [2.24, 2.45) is 11.7 Å². The van der Waals surface area contributed by atoms with E-state index in [1.807, 2.05) is 29.2 Å². The zero-order valence-electron chi connectivity index (χ0n) is 12.1. The molecule has 0 saturated carbocycles. The van der Waals surface area contributed by atoms with Crippen molar-refractivity contribution >= 4 is 5.91 Å². The number of nitrogens with two attached hydrogens (primary N) is 1. The van der Waals surface area contributed by atoms with Crippen LogP contribution in [0.4, 0.5) is 0 Å². The van der Waals surface area contributed by atoms with E-state index in [-0.39, 0.29) is 5.91 Å². The van der Waals surface area contributed by atoms with Crippen molar-refractivity contribution in [3.05, 3.63) is 35.4 Å². The Labute approximate surface area is 121 Å². The average Bonchev–Trinajstić information content (AvgIpc) is 2.53. The smallest absolute Gasteiger partial charge is 0.253 e. The topological polar surface area (TPSA) is 46.3 Å². The van der Waals surface area contributed by atoms with E-state index in [0.717, 1.165) is 43.0 Å². The molecule has 106 valence electrons. The molecule has 0 spiro atoms. The largest absolute Gasteiger partial charge is 0.339 e. The SMILES string of the molecule is CCC1CCN(C(=O)c2ccc(C#CCN)cc2)CC1. The van der Waals surface area contributed by atoms with Gasteiger partial charge in [0.25, 0.3) is 5.91 Å². The molecule has 1 aliphatic heterocycles. The molecule has 0 bridgehead atoms. The standard InChI is InChI=1S/C17H22N2O/c1-2-14-9-12-19(13-10-14)17(20)16-7-5-15(6-8-16)4-3-11-18/h5-8,14H,2,9-13,18H2,1H3. The average molecular weight is 270 g/mol. The van der Waals surface area contributed by atoms with Crippen molar-refractivity contribution in [2.45, 2.75) is 26.2 Å². The Balaban J connectivity index is 1.99. The fraction of sp³-hybridized carbons (Fsp3) is 0.471. The van der Waals surface area contributed by atoms with Gasteiger partial charge in [0.05, 0.1) is 6.54 Å². The van der Waals surface area contributed by atoms with Gasteiger partial charge in [0.15, 0.2) is 0 Å². The maximum atomic E-state index is 12.4. The van der Waals surface area contributed by atoms with Gasteiger partial charge < -0.3 is 10.6 Å². The summed E-state index contributed by atoms with van der Waals surface area (Å²) in [4.78, 5) is 14.4. The van der Waals surface area contributed by atoms with Gasteiger partial charge in [-0.3, -0.25) is 4.79 Å². The molecule has 1 heterocycles. The lowest BCUT2D eigenvalue weighted by atomic mass is 9.94. The minimum Gasteiger partial charge on any atom is -0.339 e. The van der Waals surface area contributed by atoms with E-state index < -0.39 is 0 Å². The Morgan fingerprint density at radius 3 is 2.50 bits per heavy atom. The predicted molar refractivity (Wildman–Crippen MR) is 81.3 cm³/mol. The molecular formula is C17H22N2O. The molecule has 20 heavy (non-hydrogen) atoms. The summed E-state index contributed by atoms with van der Waals surface area (Å²) in [7, 11) is 0. The first-order valence-corrected chi connectivity index (χ1v) is 7.33. The zero-order chi connectivity index (χ0) is 14.4. The van der Waals surface area contributed by atoms with E-state index in [1.54, 1.807) is 0 Å². The molecule has 1 aromatic carbocycles. The van der Waals surface area contributed by atoms with E-state index in [9.17, 15) is 4.79 Å². The van der Waals surface area contributed by atoms with Gasteiger partial charge in [0.2, 0.25) is 0 Å². The normalized spacial score (nSPS) is 15.6. The summed E-state index contributed by atoms with van der Waals surface area (Å²) in [6, 6.07) is 7.48. The number of hydrogen-bond donors (Lipinski definition) is 1. The number of benzene rings is 1. The highest BCUT2D eigenvalue weighted by Crippen LogP contribution is 2.21. The molecule has 0 radical (unpaired) electrons. The van der Waals surface area contributed by atoms with Crippen molar-refractivity contribution < 1.29 is 4.79 Å². The van der Waals surface area contributed by atoms with Crippen molar-refractivity contribution in [3.8, 4) is 11.8 Å². The number of carbonyl (C=O) groups is 1. The van der Waals surface area contributed by atoms with Gasteiger partial charge >= 0.3 is 0 Å². The van der Waals surface area contributed by atoms with Gasteiger partial charge in [0, 0.05) is 24.2 Å². The summed E-state index contributed by atoms with van der Waals surface area (Å²) < 4.78 is 0. The maximum Gasteiger partial charge on any atom is 0.253 e.